The number of amides is 1. The van der Waals surface area contributed by atoms with Gasteiger partial charge in [0.25, 0.3) is 5.91 Å². The van der Waals surface area contributed by atoms with Crippen LogP contribution < -0.4 is 10.6 Å². The summed E-state index contributed by atoms with van der Waals surface area (Å²) >= 11 is 0. The molecule has 0 saturated heterocycles. The van der Waals surface area contributed by atoms with Crippen LogP contribution in [0, 0.1) is 6.92 Å². The predicted molar refractivity (Wildman–Crippen MR) is 66.2 cm³/mol. The molecule has 4 nitrogen and oxygen atoms in total. The Bertz CT molecular complexity index is 326. The SMILES string of the molecule is CCN[C@H](C)CNC(=O)c1ccc(C)o1.Cl. The van der Waals surface area contributed by atoms with E-state index < -0.39 is 0 Å². The molecule has 1 amide bonds. The van der Waals surface area contributed by atoms with Gasteiger partial charge in [0.15, 0.2) is 5.76 Å². The number of furan rings is 1. The molecule has 92 valence electrons. The molecule has 0 aliphatic heterocycles. The molecule has 0 saturated carbocycles. The van der Waals surface area contributed by atoms with Gasteiger partial charge in [-0.15, -0.1) is 12.4 Å². The Hall–Kier alpha value is -1.00. The van der Waals surface area contributed by atoms with Crippen molar-refractivity contribution in [3.63, 3.8) is 0 Å². The van der Waals surface area contributed by atoms with Crippen LogP contribution >= 0.6 is 12.4 Å². The molecule has 1 heterocycles. The van der Waals surface area contributed by atoms with E-state index in [9.17, 15) is 4.79 Å². The summed E-state index contributed by atoms with van der Waals surface area (Å²) in [7, 11) is 0. The zero-order valence-corrected chi connectivity index (χ0v) is 10.7. The van der Waals surface area contributed by atoms with E-state index in [-0.39, 0.29) is 24.4 Å². The zero-order valence-electron chi connectivity index (χ0n) is 9.87. The molecule has 0 fully saturated rings. The third kappa shape index (κ3) is 4.68. The number of hydrogen-bond acceptors (Lipinski definition) is 3. The molecule has 0 aliphatic rings. The number of hydrogen-bond donors (Lipinski definition) is 2. The maximum Gasteiger partial charge on any atom is 0.287 e. The smallest absolute Gasteiger partial charge is 0.287 e. The summed E-state index contributed by atoms with van der Waals surface area (Å²) in [5, 5.41) is 6.01. The average Bonchev–Trinajstić information content (AvgIpc) is 2.62. The molecule has 0 bridgehead atoms. The van der Waals surface area contributed by atoms with Crippen LogP contribution in [-0.4, -0.2) is 25.0 Å². The Morgan fingerprint density at radius 1 is 1.50 bits per heavy atom. The van der Waals surface area contributed by atoms with Crippen LogP contribution in [0.1, 0.15) is 30.2 Å². The Kier molecular flexibility index (Phi) is 6.85. The van der Waals surface area contributed by atoms with E-state index >= 15 is 0 Å². The molecule has 2 N–H and O–H groups in total. The maximum absolute atomic E-state index is 11.5. The lowest BCUT2D eigenvalue weighted by molar-refractivity contribution is 0.0921. The van der Waals surface area contributed by atoms with Gasteiger partial charge in [-0.25, -0.2) is 0 Å². The van der Waals surface area contributed by atoms with Crippen molar-refractivity contribution in [2.45, 2.75) is 26.8 Å². The van der Waals surface area contributed by atoms with Crippen LogP contribution in [0.15, 0.2) is 16.5 Å². The summed E-state index contributed by atoms with van der Waals surface area (Å²) < 4.78 is 5.21. The molecule has 0 aliphatic carbocycles. The standard InChI is InChI=1S/C11H18N2O2.ClH/c1-4-12-8(2)7-13-11(14)10-6-5-9(3)15-10;/h5-6,8,12H,4,7H2,1-3H3,(H,13,14);1H/t8-;/m1./s1. The van der Waals surface area contributed by atoms with Crippen molar-refractivity contribution in [1.29, 1.82) is 0 Å². The van der Waals surface area contributed by atoms with Crippen molar-refractivity contribution in [2.75, 3.05) is 13.1 Å². The second-order valence-corrected chi connectivity index (χ2v) is 3.58. The van der Waals surface area contributed by atoms with Gasteiger partial charge in [-0.05, 0) is 32.5 Å². The van der Waals surface area contributed by atoms with Gasteiger partial charge in [-0.2, -0.15) is 0 Å². The highest BCUT2D eigenvalue weighted by atomic mass is 35.5. The number of nitrogens with one attached hydrogen (secondary N) is 2. The highest BCUT2D eigenvalue weighted by molar-refractivity contribution is 5.91. The van der Waals surface area contributed by atoms with Crippen molar-refractivity contribution in [2.24, 2.45) is 0 Å². The van der Waals surface area contributed by atoms with Crippen LogP contribution in [0.3, 0.4) is 0 Å². The first-order chi connectivity index (χ1) is 7.13. The van der Waals surface area contributed by atoms with Gasteiger partial charge in [-0.1, -0.05) is 6.92 Å². The minimum atomic E-state index is -0.159. The van der Waals surface area contributed by atoms with Crippen molar-refractivity contribution in [1.82, 2.24) is 10.6 Å². The molecule has 5 heteroatoms. The Balaban J connectivity index is 0.00000225. The highest BCUT2D eigenvalue weighted by Crippen LogP contribution is 2.05. The maximum atomic E-state index is 11.5. The number of aryl methyl sites for hydroxylation is 1. The summed E-state index contributed by atoms with van der Waals surface area (Å²) in [4.78, 5) is 11.5. The fourth-order valence-corrected chi connectivity index (χ4v) is 1.31. The van der Waals surface area contributed by atoms with E-state index in [0.717, 1.165) is 12.3 Å². The quantitative estimate of drug-likeness (QED) is 0.832. The molecule has 1 aromatic heterocycles. The fourth-order valence-electron chi connectivity index (χ4n) is 1.31. The first-order valence-corrected chi connectivity index (χ1v) is 5.21. The summed E-state index contributed by atoms with van der Waals surface area (Å²) in [5.41, 5.74) is 0. The van der Waals surface area contributed by atoms with Crippen LogP contribution in [0.4, 0.5) is 0 Å². The van der Waals surface area contributed by atoms with Gasteiger partial charge < -0.3 is 15.1 Å². The summed E-state index contributed by atoms with van der Waals surface area (Å²) in [6.07, 6.45) is 0. The highest BCUT2D eigenvalue weighted by Gasteiger charge is 2.10. The second-order valence-electron chi connectivity index (χ2n) is 3.58. The number of halogens is 1. The number of carbonyl (C=O) groups excluding carboxylic acids is 1. The van der Waals surface area contributed by atoms with Crippen LogP contribution in [-0.2, 0) is 0 Å². The Labute approximate surface area is 102 Å². The van der Waals surface area contributed by atoms with Gasteiger partial charge in [0, 0.05) is 12.6 Å². The minimum absolute atomic E-state index is 0. The molecule has 16 heavy (non-hydrogen) atoms. The van der Waals surface area contributed by atoms with Gasteiger partial charge in [0.1, 0.15) is 5.76 Å². The molecular formula is C11H19ClN2O2. The molecule has 1 rings (SSSR count). The molecule has 0 aromatic carbocycles. The summed E-state index contributed by atoms with van der Waals surface area (Å²) in [6.45, 7) is 7.38. The zero-order chi connectivity index (χ0) is 11.3. The molecular weight excluding hydrogens is 228 g/mol. The largest absolute Gasteiger partial charge is 0.456 e. The third-order valence-corrected chi connectivity index (χ3v) is 2.09. The first-order valence-electron chi connectivity index (χ1n) is 5.21. The number of carbonyl (C=O) groups is 1. The van der Waals surface area contributed by atoms with E-state index in [1.54, 1.807) is 12.1 Å². The number of rotatable bonds is 5. The second kappa shape index (κ2) is 7.30. The van der Waals surface area contributed by atoms with Gasteiger partial charge >= 0.3 is 0 Å². The normalized spacial score (nSPS) is 11.7. The fraction of sp³-hybridized carbons (Fsp3) is 0.545. The lowest BCUT2D eigenvalue weighted by Crippen LogP contribution is -2.38. The predicted octanol–water partition coefficient (Wildman–Crippen LogP) is 1.74. The summed E-state index contributed by atoms with van der Waals surface area (Å²) in [5.74, 6) is 0.962. The van der Waals surface area contributed by atoms with Crippen molar-refractivity contribution < 1.29 is 9.21 Å². The Morgan fingerprint density at radius 3 is 2.69 bits per heavy atom. The van der Waals surface area contributed by atoms with Crippen LogP contribution in [0.25, 0.3) is 0 Å². The topological polar surface area (TPSA) is 54.3 Å². The lowest BCUT2D eigenvalue weighted by atomic mass is 10.3. The van der Waals surface area contributed by atoms with Crippen molar-refractivity contribution in [3.05, 3.63) is 23.7 Å². The Morgan fingerprint density at radius 2 is 2.19 bits per heavy atom. The average molecular weight is 247 g/mol. The molecule has 0 spiro atoms. The van der Waals surface area contributed by atoms with Crippen molar-refractivity contribution in [3.8, 4) is 0 Å². The van der Waals surface area contributed by atoms with Gasteiger partial charge in [0.2, 0.25) is 0 Å². The molecule has 0 radical (unpaired) electrons. The van der Waals surface area contributed by atoms with E-state index in [1.807, 2.05) is 20.8 Å². The first kappa shape index (κ1) is 15.0. The van der Waals surface area contributed by atoms with E-state index in [4.69, 9.17) is 4.42 Å². The molecule has 0 unspecified atom stereocenters. The van der Waals surface area contributed by atoms with Crippen molar-refractivity contribution >= 4 is 18.3 Å². The lowest BCUT2D eigenvalue weighted by Gasteiger charge is -2.12. The third-order valence-electron chi connectivity index (χ3n) is 2.09. The van der Waals surface area contributed by atoms with E-state index in [0.29, 0.717) is 12.3 Å². The summed E-state index contributed by atoms with van der Waals surface area (Å²) in [6, 6.07) is 3.74. The minimum Gasteiger partial charge on any atom is -0.456 e. The molecule has 1 atom stereocenters. The van der Waals surface area contributed by atoms with Crippen LogP contribution in [0.2, 0.25) is 0 Å². The van der Waals surface area contributed by atoms with Gasteiger partial charge in [-0.3, -0.25) is 4.79 Å². The number of likely N-dealkylation sites (N-methyl/N-ethyl adjacent to an activating group) is 1. The van der Waals surface area contributed by atoms with Gasteiger partial charge in [0.05, 0.1) is 0 Å². The monoisotopic (exact) mass is 246 g/mol. The van der Waals surface area contributed by atoms with E-state index in [2.05, 4.69) is 10.6 Å². The molecule has 1 aromatic rings. The van der Waals surface area contributed by atoms with E-state index in [1.165, 1.54) is 0 Å². The van der Waals surface area contributed by atoms with Crippen LogP contribution in [0.5, 0.6) is 0 Å².